The second-order valence-corrected chi connectivity index (χ2v) is 11.9. The Morgan fingerprint density at radius 3 is 2.23 bits per heavy atom. The van der Waals surface area contributed by atoms with Gasteiger partial charge in [0.2, 0.25) is 5.91 Å². The number of oxime groups is 1. The molecule has 2 heterocycles. The Morgan fingerprint density at radius 1 is 1.05 bits per heavy atom. The number of urea groups is 1. The van der Waals surface area contributed by atoms with E-state index in [0.717, 1.165) is 57.2 Å². The van der Waals surface area contributed by atoms with Gasteiger partial charge in [0.05, 0.1) is 12.3 Å². The number of carbonyl (C=O) groups excluding carboxylic acids is 2. The molecule has 3 unspecified atom stereocenters. The Morgan fingerprint density at radius 2 is 1.67 bits per heavy atom. The number of amides is 3. The first-order valence-electron chi connectivity index (χ1n) is 14.9. The van der Waals surface area contributed by atoms with Gasteiger partial charge in [0.1, 0.15) is 0 Å². The third-order valence-electron chi connectivity index (χ3n) is 8.98. The van der Waals surface area contributed by atoms with E-state index in [1.165, 1.54) is 25.5 Å². The van der Waals surface area contributed by atoms with E-state index in [2.05, 4.69) is 34.1 Å². The minimum Gasteiger partial charge on any atom is -0.411 e. The predicted octanol–water partition coefficient (Wildman–Crippen LogP) is 5.31. The molecule has 3 aliphatic rings. The normalized spacial score (nSPS) is 25.0. The van der Waals surface area contributed by atoms with Gasteiger partial charge in [-0.15, -0.1) is 5.16 Å². The highest BCUT2D eigenvalue weighted by Crippen LogP contribution is 2.40. The van der Waals surface area contributed by atoms with Crippen LogP contribution in [0.1, 0.15) is 84.1 Å². The Hall–Kier alpha value is -2.32. The van der Waals surface area contributed by atoms with E-state index in [0.29, 0.717) is 17.5 Å². The largest absolute Gasteiger partial charge is 0.411 e. The third-order valence-corrected chi connectivity index (χ3v) is 9.24. The number of benzene rings is 1. The molecule has 2 bridgehead atoms. The van der Waals surface area contributed by atoms with Crippen LogP contribution in [0.3, 0.4) is 0 Å². The Labute approximate surface area is 238 Å². The maximum atomic E-state index is 14.1. The fourth-order valence-corrected chi connectivity index (χ4v) is 7.20. The first-order valence-corrected chi connectivity index (χ1v) is 15.3. The molecule has 0 aromatic heterocycles. The van der Waals surface area contributed by atoms with Crippen LogP contribution in [0, 0.1) is 0 Å². The summed E-state index contributed by atoms with van der Waals surface area (Å²) in [6, 6.07) is 7.80. The summed E-state index contributed by atoms with van der Waals surface area (Å²) < 4.78 is 0. The van der Waals surface area contributed by atoms with Crippen LogP contribution < -0.4 is 5.32 Å². The van der Waals surface area contributed by atoms with Crippen molar-refractivity contribution in [2.24, 2.45) is 5.16 Å². The molecule has 39 heavy (non-hydrogen) atoms. The van der Waals surface area contributed by atoms with Crippen molar-refractivity contribution in [3.05, 3.63) is 34.9 Å². The molecule has 0 spiro atoms. The van der Waals surface area contributed by atoms with E-state index in [1.54, 1.807) is 0 Å². The Kier molecular flexibility index (Phi) is 10.5. The quantitative estimate of drug-likeness (QED) is 0.231. The molecule has 8 nitrogen and oxygen atoms in total. The highest BCUT2D eigenvalue weighted by Gasteiger charge is 2.48. The van der Waals surface area contributed by atoms with E-state index in [-0.39, 0.29) is 36.1 Å². The van der Waals surface area contributed by atoms with Crippen LogP contribution in [0.4, 0.5) is 4.79 Å². The highest BCUT2D eigenvalue weighted by atomic mass is 35.5. The van der Waals surface area contributed by atoms with E-state index in [4.69, 9.17) is 16.8 Å². The summed E-state index contributed by atoms with van der Waals surface area (Å²) in [4.78, 5) is 34.2. The van der Waals surface area contributed by atoms with E-state index >= 15 is 0 Å². The second kappa shape index (κ2) is 13.8. The molecule has 1 aromatic carbocycles. The fourth-order valence-electron chi connectivity index (χ4n) is 7.08. The molecule has 2 N–H and O–H groups in total. The van der Waals surface area contributed by atoms with Gasteiger partial charge < -0.3 is 19.9 Å². The molecule has 216 valence electrons. The van der Waals surface area contributed by atoms with Gasteiger partial charge >= 0.3 is 6.03 Å². The predicted molar refractivity (Wildman–Crippen MR) is 156 cm³/mol. The smallest absolute Gasteiger partial charge is 0.320 e. The molecule has 9 heteroatoms. The van der Waals surface area contributed by atoms with Crippen LogP contribution in [-0.4, -0.2) is 87.4 Å². The first kappa shape index (κ1) is 29.7. The highest BCUT2D eigenvalue weighted by molar-refractivity contribution is 6.30. The molecule has 2 saturated heterocycles. The second-order valence-electron chi connectivity index (χ2n) is 11.5. The third kappa shape index (κ3) is 7.07. The van der Waals surface area contributed by atoms with Crippen LogP contribution in [0.25, 0.3) is 0 Å². The minimum absolute atomic E-state index is 0.0911. The topological polar surface area (TPSA) is 88.5 Å². The summed E-state index contributed by atoms with van der Waals surface area (Å²) >= 11 is 6.09. The number of rotatable bonds is 10. The van der Waals surface area contributed by atoms with Crippen molar-refractivity contribution in [1.29, 1.82) is 0 Å². The number of hydrogen-bond acceptors (Lipinski definition) is 5. The van der Waals surface area contributed by atoms with E-state index < -0.39 is 6.04 Å². The van der Waals surface area contributed by atoms with Crippen molar-refractivity contribution in [3.63, 3.8) is 0 Å². The van der Waals surface area contributed by atoms with Crippen LogP contribution in [0.15, 0.2) is 29.4 Å². The van der Waals surface area contributed by atoms with Gasteiger partial charge in [0.15, 0.2) is 0 Å². The van der Waals surface area contributed by atoms with Crippen molar-refractivity contribution in [2.45, 2.75) is 121 Å². The van der Waals surface area contributed by atoms with Gasteiger partial charge in [0.25, 0.3) is 0 Å². The molecule has 3 amide bonds. The lowest BCUT2D eigenvalue weighted by Crippen LogP contribution is -2.61. The molecule has 1 aromatic rings. The van der Waals surface area contributed by atoms with Crippen molar-refractivity contribution in [1.82, 2.24) is 20.0 Å². The summed E-state index contributed by atoms with van der Waals surface area (Å²) in [5.74, 6) is 0.0911. The van der Waals surface area contributed by atoms with Crippen molar-refractivity contribution >= 4 is 29.8 Å². The monoisotopic (exact) mass is 559 g/mol. The number of nitrogens with one attached hydrogen (secondary N) is 1. The van der Waals surface area contributed by atoms with E-state index in [9.17, 15) is 9.59 Å². The molecule has 0 radical (unpaired) electrons. The SMILES string of the molecule is CCN(CC)C(=O)N(C1CCCCC1)C1CC2CCC(C1)N2C(=O)[C@@H](Cc1ccc(Cl)cc1)NC(C)C=NO. The standard InChI is InChI=1S/C30H46ClN5O3/c1-4-34(5-2)30(38)36(24-9-7-6-8-10-24)27-18-25-15-16-26(19-27)35(25)29(37)28(33-21(3)20-32-39)17-22-11-13-23(31)14-12-22/h11-14,20-21,24-28,33,39H,4-10,15-19H2,1-3H3/t21?,25?,26?,27?,28-/m1/s1. The molecule has 4 atom stereocenters. The number of fused-ring (bicyclic) bond motifs is 2. The lowest BCUT2D eigenvalue weighted by Gasteiger charge is -2.48. The summed E-state index contributed by atoms with van der Waals surface area (Å²) in [7, 11) is 0. The molecule has 1 aliphatic carbocycles. The molecule has 1 saturated carbocycles. The molecular formula is C30H46ClN5O3. The lowest BCUT2D eigenvalue weighted by molar-refractivity contribution is -0.139. The van der Waals surface area contributed by atoms with Crippen LogP contribution in [0.5, 0.6) is 0 Å². The van der Waals surface area contributed by atoms with Gasteiger partial charge in [-0.05, 0) is 83.4 Å². The summed E-state index contributed by atoms with van der Waals surface area (Å²) in [5.41, 5.74) is 1.02. The Bertz CT molecular complexity index is 965. The fraction of sp³-hybridized carbons (Fsp3) is 0.700. The van der Waals surface area contributed by atoms with Crippen molar-refractivity contribution in [3.8, 4) is 0 Å². The van der Waals surface area contributed by atoms with Crippen molar-refractivity contribution in [2.75, 3.05) is 13.1 Å². The van der Waals surface area contributed by atoms with Gasteiger partial charge in [-0.2, -0.15) is 0 Å². The summed E-state index contributed by atoms with van der Waals surface area (Å²) in [6.45, 7) is 7.43. The average Bonchev–Trinajstić information content (AvgIpc) is 3.20. The van der Waals surface area contributed by atoms with Gasteiger partial charge in [-0.25, -0.2) is 4.79 Å². The van der Waals surface area contributed by atoms with Crippen LogP contribution in [-0.2, 0) is 11.2 Å². The van der Waals surface area contributed by atoms with E-state index in [1.807, 2.05) is 36.1 Å². The van der Waals surface area contributed by atoms with Gasteiger partial charge in [0, 0.05) is 48.3 Å². The number of piperidine rings is 1. The number of nitrogens with zero attached hydrogens (tertiary/aromatic N) is 4. The molecule has 4 rings (SSSR count). The van der Waals surface area contributed by atoms with Gasteiger partial charge in [-0.3, -0.25) is 10.1 Å². The average molecular weight is 560 g/mol. The molecular weight excluding hydrogens is 514 g/mol. The summed E-state index contributed by atoms with van der Waals surface area (Å²) in [6.07, 6.45) is 11.4. The maximum absolute atomic E-state index is 14.1. The maximum Gasteiger partial charge on any atom is 0.320 e. The molecule has 2 aliphatic heterocycles. The zero-order valence-electron chi connectivity index (χ0n) is 23.8. The zero-order valence-corrected chi connectivity index (χ0v) is 24.5. The number of halogens is 1. The minimum atomic E-state index is -0.453. The molecule has 3 fully saturated rings. The first-order chi connectivity index (χ1) is 18.9. The summed E-state index contributed by atoms with van der Waals surface area (Å²) in [5, 5.41) is 16.3. The zero-order chi connectivity index (χ0) is 27.9. The lowest BCUT2D eigenvalue weighted by atomic mass is 9.89. The van der Waals surface area contributed by atoms with Crippen LogP contribution in [0.2, 0.25) is 5.02 Å². The van der Waals surface area contributed by atoms with Gasteiger partial charge in [-0.1, -0.05) is 43.0 Å². The number of hydrogen-bond donors (Lipinski definition) is 2. The Balaban J connectivity index is 1.53. The van der Waals surface area contributed by atoms with Crippen molar-refractivity contribution < 1.29 is 14.8 Å². The number of carbonyl (C=O) groups is 2. The van der Waals surface area contributed by atoms with Crippen LogP contribution >= 0.6 is 11.6 Å².